The first kappa shape index (κ1) is 10.3. The maximum atomic E-state index is 10.4. The number of ether oxygens (including phenoxy) is 1. The third kappa shape index (κ3) is 2.33. The molecule has 14 heavy (non-hydrogen) atoms. The van der Waals surface area contributed by atoms with Crippen LogP contribution in [0.5, 0.6) is 11.6 Å². The molecular weight excluding hydrogens is 190 g/mol. The number of carboxylic acids is 1. The Morgan fingerprint density at radius 3 is 2.79 bits per heavy atom. The van der Waals surface area contributed by atoms with Gasteiger partial charge >= 0.3 is 5.97 Å². The molecular formula is C8H9NO5. The van der Waals surface area contributed by atoms with E-state index in [0.29, 0.717) is 0 Å². The molecule has 3 N–H and O–H groups in total. The predicted molar refractivity (Wildman–Crippen MR) is 45.4 cm³/mol. The minimum absolute atomic E-state index is 0.00697. The molecule has 0 saturated carbocycles. The summed E-state index contributed by atoms with van der Waals surface area (Å²) in [6, 6.07) is 1.03. The summed E-state index contributed by atoms with van der Waals surface area (Å²) >= 11 is 0. The van der Waals surface area contributed by atoms with Gasteiger partial charge in [-0.1, -0.05) is 0 Å². The first-order valence-electron chi connectivity index (χ1n) is 3.81. The fourth-order valence-electron chi connectivity index (χ4n) is 0.811. The number of aliphatic hydroxyl groups excluding tert-OH is 1. The van der Waals surface area contributed by atoms with Crippen LogP contribution in [0.4, 0.5) is 0 Å². The number of carboxylic acid groups (broad SMARTS) is 1. The Bertz CT molecular complexity index is 339. The molecule has 0 fully saturated rings. The summed E-state index contributed by atoms with van der Waals surface area (Å²) < 4.78 is 4.82. The van der Waals surface area contributed by atoms with Gasteiger partial charge in [0.05, 0.1) is 12.2 Å². The van der Waals surface area contributed by atoms with E-state index in [1.807, 2.05) is 0 Å². The van der Waals surface area contributed by atoms with Gasteiger partial charge in [0.25, 0.3) is 5.88 Å². The number of carbonyl (C=O) groups is 1. The van der Waals surface area contributed by atoms with Crippen molar-refractivity contribution in [2.75, 3.05) is 13.2 Å². The maximum absolute atomic E-state index is 10.4. The van der Waals surface area contributed by atoms with Gasteiger partial charge in [-0.05, 0) is 0 Å². The first-order chi connectivity index (χ1) is 6.65. The van der Waals surface area contributed by atoms with Crippen molar-refractivity contribution in [1.82, 2.24) is 4.98 Å². The predicted octanol–water partition coefficient (Wildman–Crippen LogP) is -0.144. The van der Waals surface area contributed by atoms with Crippen LogP contribution < -0.4 is 4.74 Å². The van der Waals surface area contributed by atoms with Gasteiger partial charge in [-0.3, -0.25) is 0 Å². The second kappa shape index (κ2) is 4.43. The van der Waals surface area contributed by atoms with Crippen LogP contribution in [0.25, 0.3) is 0 Å². The Kier molecular flexibility index (Phi) is 3.24. The number of aromatic carboxylic acids is 1. The Hall–Kier alpha value is -1.82. The van der Waals surface area contributed by atoms with Crippen LogP contribution in [-0.2, 0) is 0 Å². The Balaban J connectivity index is 2.84. The molecule has 0 amide bonds. The Labute approximate surface area is 79.4 Å². The van der Waals surface area contributed by atoms with Crippen LogP contribution in [0, 0.1) is 0 Å². The van der Waals surface area contributed by atoms with Crippen molar-refractivity contribution in [3.05, 3.63) is 17.8 Å². The van der Waals surface area contributed by atoms with Crippen molar-refractivity contribution in [2.45, 2.75) is 0 Å². The monoisotopic (exact) mass is 199 g/mol. The quantitative estimate of drug-likeness (QED) is 0.623. The average molecular weight is 199 g/mol. The third-order valence-corrected chi connectivity index (χ3v) is 1.41. The van der Waals surface area contributed by atoms with E-state index in [9.17, 15) is 9.90 Å². The highest BCUT2D eigenvalue weighted by molar-refractivity contribution is 5.87. The van der Waals surface area contributed by atoms with Gasteiger partial charge in [0, 0.05) is 12.3 Å². The molecule has 0 spiro atoms. The number of pyridine rings is 1. The lowest BCUT2D eigenvalue weighted by molar-refractivity contribution is 0.0695. The highest BCUT2D eigenvalue weighted by atomic mass is 16.5. The second-order valence-electron chi connectivity index (χ2n) is 2.43. The van der Waals surface area contributed by atoms with Gasteiger partial charge in [0.15, 0.2) is 5.75 Å². The van der Waals surface area contributed by atoms with E-state index in [2.05, 4.69) is 4.98 Å². The molecule has 0 unspecified atom stereocenters. The largest absolute Gasteiger partial charge is 0.503 e. The number of rotatable bonds is 4. The van der Waals surface area contributed by atoms with Gasteiger partial charge < -0.3 is 20.1 Å². The van der Waals surface area contributed by atoms with E-state index in [1.165, 1.54) is 0 Å². The third-order valence-electron chi connectivity index (χ3n) is 1.41. The molecule has 0 aliphatic heterocycles. The van der Waals surface area contributed by atoms with Gasteiger partial charge in [-0.15, -0.1) is 0 Å². The number of aromatic nitrogens is 1. The zero-order chi connectivity index (χ0) is 10.6. The lowest BCUT2D eigenvalue weighted by Crippen LogP contribution is -2.04. The molecule has 0 aromatic carbocycles. The van der Waals surface area contributed by atoms with E-state index < -0.39 is 5.97 Å². The maximum Gasteiger partial charge on any atom is 0.337 e. The standard InChI is InChI=1S/C8H9NO5/c10-1-2-14-7-6(11)3-5(4-9-7)8(12)13/h3-4,10-11H,1-2H2,(H,12,13). The topological polar surface area (TPSA) is 99.9 Å². The molecule has 0 saturated heterocycles. The van der Waals surface area contributed by atoms with Crippen LogP contribution >= 0.6 is 0 Å². The van der Waals surface area contributed by atoms with Crippen molar-refractivity contribution in [1.29, 1.82) is 0 Å². The van der Waals surface area contributed by atoms with E-state index in [-0.39, 0.29) is 30.4 Å². The normalized spacial score (nSPS) is 9.79. The van der Waals surface area contributed by atoms with E-state index in [4.69, 9.17) is 14.9 Å². The lowest BCUT2D eigenvalue weighted by Gasteiger charge is -2.05. The van der Waals surface area contributed by atoms with Gasteiger partial charge in [-0.25, -0.2) is 9.78 Å². The summed E-state index contributed by atoms with van der Waals surface area (Å²) in [5, 5.41) is 26.2. The first-order valence-corrected chi connectivity index (χ1v) is 3.81. The minimum Gasteiger partial charge on any atom is -0.503 e. The second-order valence-corrected chi connectivity index (χ2v) is 2.43. The number of hydrogen-bond acceptors (Lipinski definition) is 5. The van der Waals surface area contributed by atoms with Crippen LogP contribution in [0.3, 0.4) is 0 Å². The van der Waals surface area contributed by atoms with E-state index >= 15 is 0 Å². The number of nitrogens with zero attached hydrogens (tertiary/aromatic N) is 1. The van der Waals surface area contributed by atoms with Crippen LogP contribution in [0.2, 0.25) is 0 Å². The fraction of sp³-hybridized carbons (Fsp3) is 0.250. The lowest BCUT2D eigenvalue weighted by atomic mass is 10.3. The molecule has 1 heterocycles. The number of aliphatic hydroxyl groups is 1. The summed E-state index contributed by atoms with van der Waals surface area (Å²) in [4.78, 5) is 14.0. The van der Waals surface area contributed by atoms with Gasteiger partial charge in [0.2, 0.25) is 0 Å². The summed E-state index contributed by atoms with van der Waals surface area (Å²) in [5.41, 5.74) is -0.126. The highest BCUT2D eigenvalue weighted by Gasteiger charge is 2.09. The molecule has 1 rings (SSSR count). The number of hydrogen-bond donors (Lipinski definition) is 3. The molecule has 0 atom stereocenters. The Morgan fingerprint density at radius 2 is 2.29 bits per heavy atom. The molecule has 0 radical (unpaired) electrons. The van der Waals surface area contributed by atoms with Crippen molar-refractivity contribution < 1.29 is 24.9 Å². The van der Waals surface area contributed by atoms with Gasteiger partial charge in [0.1, 0.15) is 6.61 Å². The van der Waals surface area contributed by atoms with Crippen LogP contribution in [0.15, 0.2) is 12.3 Å². The zero-order valence-electron chi connectivity index (χ0n) is 7.17. The van der Waals surface area contributed by atoms with Crippen LogP contribution in [0.1, 0.15) is 10.4 Å². The molecule has 6 heteroatoms. The van der Waals surface area contributed by atoms with Crippen molar-refractivity contribution in [2.24, 2.45) is 0 Å². The smallest absolute Gasteiger partial charge is 0.337 e. The zero-order valence-corrected chi connectivity index (χ0v) is 7.17. The Morgan fingerprint density at radius 1 is 1.57 bits per heavy atom. The van der Waals surface area contributed by atoms with Crippen LogP contribution in [-0.4, -0.2) is 39.5 Å². The summed E-state index contributed by atoms with van der Waals surface area (Å²) in [6.45, 7) is -0.214. The van der Waals surface area contributed by atoms with Gasteiger partial charge in [-0.2, -0.15) is 0 Å². The van der Waals surface area contributed by atoms with E-state index in [0.717, 1.165) is 12.3 Å². The average Bonchev–Trinajstić information content (AvgIpc) is 2.15. The fourth-order valence-corrected chi connectivity index (χ4v) is 0.811. The molecule has 1 aromatic rings. The highest BCUT2D eigenvalue weighted by Crippen LogP contribution is 2.23. The SMILES string of the molecule is O=C(O)c1cnc(OCCO)c(O)c1. The van der Waals surface area contributed by atoms with Crippen molar-refractivity contribution in [3.63, 3.8) is 0 Å². The number of aromatic hydroxyl groups is 1. The van der Waals surface area contributed by atoms with E-state index in [1.54, 1.807) is 0 Å². The molecule has 1 aromatic heterocycles. The minimum atomic E-state index is -1.18. The van der Waals surface area contributed by atoms with Crippen molar-refractivity contribution >= 4 is 5.97 Å². The molecule has 76 valence electrons. The molecule has 6 nitrogen and oxygen atoms in total. The summed E-state index contributed by atoms with van der Waals surface area (Å²) in [7, 11) is 0. The molecule has 0 aliphatic rings. The summed E-state index contributed by atoms with van der Waals surface area (Å²) in [6.07, 6.45) is 1.06. The summed E-state index contributed by atoms with van der Waals surface area (Å²) in [5.74, 6) is -1.64. The van der Waals surface area contributed by atoms with Crippen molar-refractivity contribution in [3.8, 4) is 11.6 Å². The molecule has 0 aliphatic carbocycles. The molecule has 0 bridgehead atoms.